The third kappa shape index (κ3) is 2.54. The Morgan fingerprint density at radius 3 is 2.71 bits per heavy atom. The molecule has 1 aromatic heterocycles. The molecule has 7 heteroatoms. The average Bonchev–Trinajstić information content (AvgIpc) is 2.99. The van der Waals surface area contributed by atoms with Crippen molar-refractivity contribution >= 4 is 28.5 Å². The topological polar surface area (TPSA) is 66.4 Å². The molecule has 2 aliphatic heterocycles. The normalized spacial score (nSPS) is 19.8. The van der Waals surface area contributed by atoms with Crippen LogP contribution in [0, 0.1) is 5.82 Å². The monoisotopic (exact) mass is 330 g/mol. The summed E-state index contributed by atoms with van der Waals surface area (Å²) in [6.07, 6.45) is 4.18. The molecule has 6 nitrogen and oxygen atoms in total. The van der Waals surface area contributed by atoms with Crippen molar-refractivity contribution in [1.29, 1.82) is 0 Å². The molecule has 1 aromatic carbocycles. The lowest BCUT2D eigenvalue weighted by atomic mass is 10.1. The number of urea groups is 1. The Kier molecular flexibility index (Phi) is 3.72. The molecule has 0 bridgehead atoms. The van der Waals surface area contributed by atoms with Crippen molar-refractivity contribution < 1.29 is 14.0 Å². The van der Waals surface area contributed by atoms with Gasteiger partial charge >= 0.3 is 6.03 Å². The Morgan fingerprint density at radius 1 is 1.17 bits per heavy atom. The minimum atomic E-state index is -0.493. The number of imide groups is 1. The van der Waals surface area contributed by atoms with Crippen LogP contribution < -0.4 is 15.5 Å². The molecule has 2 fully saturated rings. The van der Waals surface area contributed by atoms with E-state index in [1.54, 1.807) is 0 Å². The van der Waals surface area contributed by atoms with Gasteiger partial charge in [0.05, 0.1) is 11.2 Å². The van der Waals surface area contributed by atoms with Crippen LogP contribution in [0.2, 0.25) is 0 Å². The smallest absolute Gasteiger partial charge is 0.328 e. The molecule has 0 unspecified atom stereocenters. The van der Waals surface area contributed by atoms with Crippen LogP contribution in [0.25, 0.3) is 10.9 Å². The van der Waals surface area contributed by atoms with Crippen molar-refractivity contribution in [3.05, 3.63) is 30.2 Å². The zero-order valence-corrected chi connectivity index (χ0v) is 13.2. The van der Waals surface area contributed by atoms with E-state index in [-0.39, 0.29) is 24.7 Å². The number of nitrogens with zero attached hydrogens (tertiary/aromatic N) is 2. The summed E-state index contributed by atoms with van der Waals surface area (Å²) < 4.78 is 16.3. The minimum Gasteiger partial charge on any atom is -0.344 e. The van der Waals surface area contributed by atoms with E-state index in [4.69, 9.17) is 0 Å². The quantitative estimate of drug-likeness (QED) is 0.887. The molecular formula is C17H19FN4O2. The van der Waals surface area contributed by atoms with Gasteiger partial charge in [-0.05, 0) is 44.1 Å². The van der Waals surface area contributed by atoms with Crippen LogP contribution in [0.5, 0.6) is 0 Å². The molecule has 2 aliphatic rings. The number of carbonyl (C=O) groups excluding carboxylic acids is 2. The number of fused-ring (bicyclic) bond motifs is 1. The van der Waals surface area contributed by atoms with Crippen LogP contribution in [0.15, 0.2) is 24.4 Å². The fraction of sp³-hybridized carbons (Fsp3) is 0.412. The second-order valence-electron chi connectivity index (χ2n) is 6.32. The van der Waals surface area contributed by atoms with Gasteiger partial charge < -0.3 is 9.88 Å². The highest BCUT2D eigenvalue weighted by Crippen LogP contribution is 2.33. The molecule has 24 heavy (non-hydrogen) atoms. The van der Waals surface area contributed by atoms with E-state index in [0.717, 1.165) is 36.8 Å². The number of aromatic nitrogens is 1. The highest BCUT2D eigenvalue weighted by molar-refractivity contribution is 6.09. The number of hydrogen-bond donors (Lipinski definition) is 2. The predicted octanol–water partition coefficient (Wildman–Crippen LogP) is 2.15. The van der Waals surface area contributed by atoms with Gasteiger partial charge in [-0.3, -0.25) is 15.0 Å². The summed E-state index contributed by atoms with van der Waals surface area (Å²) in [5.41, 5.74) is 1.31. The number of carbonyl (C=O) groups is 2. The third-order valence-electron chi connectivity index (χ3n) is 4.83. The lowest BCUT2D eigenvalue weighted by Gasteiger charge is -2.28. The SMILES string of the molecule is O=C1CCN(c2cc(F)cc3c2ccn3C2CCNCC2)C(=O)N1. The molecule has 2 N–H and O–H groups in total. The first-order valence-electron chi connectivity index (χ1n) is 8.25. The van der Waals surface area contributed by atoms with E-state index >= 15 is 0 Å². The Bertz CT molecular complexity index is 810. The van der Waals surface area contributed by atoms with Crippen LogP contribution in [0.1, 0.15) is 25.3 Å². The summed E-state index contributed by atoms with van der Waals surface area (Å²) in [5.74, 6) is -0.674. The van der Waals surface area contributed by atoms with Crippen molar-refractivity contribution in [2.45, 2.75) is 25.3 Å². The zero-order valence-electron chi connectivity index (χ0n) is 13.2. The van der Waals surface area contributed by atoms with Crippen LogP contribution in [-0.2, 0) is 4.79 Å². The molecule has 2 saturated heterocycles. The Morgan fingerprint density at radius 2 is 1.96 bits per heavy atom. The number of benzene rings is 1. The maximum Gasteiger partial charge on any atom is 0.328 e. The van der Waals surface area contributed by atoms with Gasteiger partial charge in [0.1, 0.15) is 5.82 Å². The number of rotatable bonds is 2. The van der Waals surface area contributed by atoms with Crippen LogP contribution in [0.3, 0.4) is 0 Å². The number of amides is 3. The molecule has 3 amide bonds. The molecule has 0 spiro atoms. The van der Waals surface area contributed by atoms with E-state index in [9.17, 15) is 14.0 Å². The van der Waals surface area contributed by atoms with Crippen LogP contribution >= 0.6 is 0 Å². The maximum absolute atomic E-state index is 14.2. The van der Waals surface area contributed by atoms with E-state index in [1.165, 1.54) is 17.0 Å². The molecule has 126 valence electrons. The standard InChI is InChI=1S/C17H19FN4O2/c18-11-9-14-13(3-7-21(14)12-1-5-19-6-2-12)15(10-11)22-8-4-16(23)20-17(22)24/h3,7,9-10,12,19H,1-2,4-6,8H2,(H,20,23,24). The number of piperidine rings is 1. The fourth-order valence-electron chi connectivity index (χ4n) is 3.63. The zero-order chi connectivity index (χ0) is 16.7. The highest BCUT2D eigenvalue weighted by Gasteiger charge is 2.27. The van der Waals surface area contributed by atoms with Gasteiger partial charge in [0.2, 0.25) is 5.91 Å². The molecule has 0 aliphatic carbocycles. The Hall–Kier alpha value is -2.41. The average molecular weight is 330 g/mol. The molecule has 3 heterocycles. The van der Waals surface area contributed by atoms with Crippen LogP contribution in [-0.4, -0.2) is 36.1 Å². The van der Waals surface area contributed by atoms with Gasteiger partial charge in [-0.2, -0.15) is 0 Å². The summed E-state index contributed by atoms with van der Waals surface area (Å²) in [6.45, 7) is 2.16. The van der Waals surface area contributed by atoms with Crippen LogP contribution in [0.4, 0.5) is 14.9 Å². The summed E-state index contributed by atoms with van der Waals surface area (Å²) in [5, 5.41) is 6.45. The molecule has 0 saturated carbocycles. The number of hydrogen-bond acceptors (Lipinski definition) is 3. The van der Waals surface area contributed by atoms with Crippen molar-refractivity contribution in [2.75, 3.05) is 24.5 Å². The Balaban J connectivity index is 1.78. The number of anilines is 1. The van der Waals surface area contributed by atoms with Gasteiger partial charge in [-0.15, -0.1) is 0 Å². The summed E-state index contributed by atoms with van der Waals surface area (Å²) in [7, 11) is 0. The van der Waals surface area contributed by atoms with Gasteiger partial charge in [0.25, 0.3) is 0 Å². The lowest BCUT2D eigenvalue weighted by Crippen LogP contribution is -2.49. The van der Waals surface area contributed by atoms with E-state index in [2.05, 4.69) is 15.2 Å². The summed E-state index contributed by atoms with van der Waals surface area (Å²) >= 11 is 0. The second kappa shape index (κ2) is 5.90. The van der Waals surface area contributed by atoms with Crippen molar-refractivity contribution in [3.63, 3.8) is 0 Å². The first-order valence-corrected chi connectivity index (χ1v) is 8.25. The number of halogens is 1. The molecule has 0 atom stereocenters. The van der Waals surface area contributed by atoms with E-state index in [0.29, 0.717) is 11.7 Å². The predicted molar refractivity (Wildman–Crippen MR) is 88.5 cm³/mol. The van der Waals surface area contributed by atoms with Crippen molar-refractivity contribution in [3.8, 4) is 0 Å². The molecule has 2 aromatic rings. The molecule has 4 rings (SSSR count). The molecule has 0 radical (unpaired) electrons. The first-order chi connectivity index (χ1) is 11.6. The van der Waals surface area contributed by atoms with Crippen molar-refractivity contribution in [1.82, 2.24) is 15.2 Å². The Labute approximate surface area is 138 Å². The first kappa shape index (κ1) is 15.1. The van der Waals surface area contributed by atoms with Gasteiger partial charge in [-0.1, -0.05) is 0 Å². The minimum absolute atomic E-state index is 0.221. The second-order valence-corrected chi connectivity index (χ2v) is 6.32. The third-order valence-corrected chi connectivity index (χ3v) is 4.83. The largest absolute Gasteiger partial charge is 0.344 e. The highest BCUT2D eigenvalue weighted by atomic mass is 19.1. The lowest BCUT2D eigenvalue weighted by molar-refractivity contribution is -0.120. The molecular weight excluding hydrogens is 311 g/mol. The van der Waals surface area contributed by atoms with Gasteiger partial charge in [-0.25, -0.2) is 9.18 Å². The van der Waals surface area contributed by atoms with E-state index < -0.39 is 6.03 Å². The van der Waals surface area contributed by atoms with E-state index in [1.807, 2.05) is 12.3 Å². The van der Waals surface area contributed by atoms with Gasteiger partial charge in [0.15, 0.2) is 0 Å². The summed E-state index contributed by atoms with van der Waals surface area (Å²) in [6, 6.07) is 4.65. The van der Waals surface area contributed by atoms with Gasteiger partial charge in [0, 0.05) is 30.6 Å². The summed E-state index contributed by atoms with van der Waals surface area (Å²) in [4.78, 5) is 24.9. The number of nitrogens with one attached hydrogen (secondary N) is 2. The maximum atomic E-state index is 14.2. The van der Waals surface area contributed by atoms with Crippen molar-refractivity contribution in [2.24, 2.45) is 0 Å². The fourth-order valence-corrected chi connectivity index (χ4v) is 3.63.